The normalized spacial score (nSPS) is 14.0. The summed E-state index contributed by atoms with van der Waals surface area (Å²) in [6.07, 6.45) is 1.74. The second kappa shape index (κ2) is 5.39. The molecule has 0 radical (unpaired) electrons. The molecule has 0 bridgehead atoms. The van der Waals surface area contributed by atoms with Crippen LogP contribution in [0.3, 0.4) is 0 Å². The van der Waals surface area contributed by atoms with Crippen LogP contribution in [0.1, 0.15) is 49.5 Å². The van der Waals surface area contributed by atoms with Gasteiger partial charge in [0.25, 0.3) is 0 Å². The van der Waals surface area contributed by atoms with Crippen LogP contribution in [0, 0.1) is 5.92 Å². The number of carbonyl (C=O) groups excluding carboxylic acids is 2. The highest BCUT2D eigenvalue weighted by molar-refractivity contribution is 6.21. The molecule has 0 saturated carbocycles. The van der Waals surface area contributed by atoms with Gasteiger partial charge in [-0.25, -0.2) is 0 Å². The number of Topliss-reactive ketones (excluding diaryl/α,β-unsaturated/α-hetero) is 1. The van der Waals surface area contributed by atoms with E-state index >= 15 is 0 Å². The molecule has 1 aromatic carbocycles. The second-order valence-corrected chi connectivity index (χ2v) is 5.12. The predicted molar refractivity (Wildman–Crippen MR) is 75.6 cm³/mol. The van der Waals surface area contributed by atoms with Gasteiger partial charge in [-0.05, 0) is 17.6 Å². The monoisotopic (exact) mass is 257 g/mol. The predicted octanol–water partition coefficient (Wildman–Crippen LogP) is 3.17. The average Bonchev–Trinajstić information content (AvgIpc) is 2.65. The molecule has 1 aromatic rings. The molecule has 1 aliphatic carbocycles. The molecule has 19 heavy (non-hydrogen) atoms. The third-order valence-corrected chi connectivity index (χ3v) is 3.30. The van der Waals surface area contributed by atoms with Gasteiger partial charge < -0.3 is 5.32 Å². The maximum absolute atomic E-state index is 12.4. The van der Waals surface area contributed by atoms with Gasteiger partial charge in [-0.15, -0.1) is 0 Å². The van der Waals surface area contributed by atoms with Crippen molar-refractivity contribution in [3.8, 4) is 0 Å². The van der Waals surface area contributed by atoms with E-state index in [2.05, 4.69) is 12.2 Å². The smallest absolute Gasteiger partial charge is 0.227 e. The number of hydrogen-bond donors (Lipinski definition) is 1. The Kier molecular flexibility index (Phi) is 3.84. The van der Waals surface area contributed by atoms with E-state index in [1.165, 1.54) is 0 Å². The minimum atomic E-state index is -0.133. The number of hydrogen-bond acceptors (Lipinski definition) is 2. The van der Waals surface area contributed by atoms with Crippen LogP contribution in [-0.4, -0.2) is 11.7 Å². The third-order valence-electron chi connectivity index (χ3n) is 3.30. The first-order valence-electron chi connectivity index (χ1n) is 6.74. The Hall–Kier alpha value is -1.90. The number of allylic oxidation sites excluding steroid dienone is 2. The van der Waals surface area contributed by atoms with Gasteiger partial charge in [-0.3, -0.25) is 9.59 Å². The van der Waals surface area contributed by atoms with Crippen LogP contribution in [0.2, 0.25) is 0 Å². The van der Waals surface area contributed by atoms with Crippen LogP contribution in [-0.2, 0) is 4.79 Å². The lowest BCUT2D eigenvalue weighted by atomic mass is 10.0. The third kappa shape index (κ3) is 2.46. The molecular weight excluding hydrogens is 238 g/mol. The molecule has 100 valence electrons. The Morgan fingerprint density at radius 2 is 1.84 bits per heavy atom. The van der Waals surface area contributed by atoms with Crippen molar-refractivity contribution in [2.24, 2.45) is 5.92 Å². The molecule has 1 N–H and O–H groups in total. The van der Waals surface area contributed by atoms with Gasteiger partial charge in [-0.2, -0.15) is 0 Å². The van der Waals surface area contributed by atoms with Crippen molar-refractivity contribution in [1.82, 2.24) is 5.32 Å². The fourth-order valence-electron chi connectivity index (χ4n) is 2.26. The Morgan fingerprint density at radius 3 is 2.42 bits per heavy atom. The Bertz CT molecular complexity index is 556. The zero-order valence-corrected chi connectivity index (χ0v) is 11.6. The Morgan fingerprint density at radius 1 is 1.21 bits per heavy atom. The number of carbonyl (C=O) groups is 2. The van der Waals surface area contributed by atoms with Crippen LogP contribution in [0.25, 0.3) is 5.57 Å². The quantitative estimate of drug-likeness (QED) is 0.900. The summed E-state index contributed by atoms with van der Waals surface area (Å²) in [5, 5.41) is 2.80. The van der Waals surface area contributed by atoms with E-state index in [9.17, 15) is 9.59 Å². The molecular formula is C16H19NO2. The maximum Gasteiger partial charge on any atom is 0.227 e. The van der Waals surface area contributed by atoms with E-state index in [1.54, 1.807) is 0 Å². The fourth-order valence-corrected chi connectivity index (χ4v) is 2.26. The molecule has 0 aromatic heterocycles. The summed E-state index contributed by atoms with van der Waals surface area (Å²) >= 11 is 0. The second-order valence-electron chi connectivity index (χ2n) is 5.12. The van der Waals surface area contributed by atoms with E-state index in [0.29, 0.717) is 11.3 Å². The average molecular weight is 257 g/mol. The van der Waals surface area contributed by atoms with E-state index in [1.807, 2.05) is 38.1 Å². The van der Waals surface area contributed by atoms with Crippen LogP contribution in [0.15, 0.2) is 30.0 Å². The molecule has 0 atom stereocenters. The summed E-state index contributed by atoms with van der Waals surface area (Å²) in [4.78, 5) is 24.2. The molecule has 1 amide bonds. The summed E-state index contributed by atoms with van der Waals surface area (Å²) in [6, 6.07) is 7.55. The highest BCUT2D eigenvalue weighted by Gasteiger charge is 2.30. The molecule has 0 spiro atoms. The first-order chi connectivity index (χ1) is 9.06. The van der Waals surface area contributed by atoms with Crippen molar-refractivity contribution in [3.63, 3.8) is 0 Å². The van der Waals surface area contributed by atoms with Crippen molar-refractivity contribution in [1.29, 1.82) is 0 Å². The van der Waals surface area contributed by atoms with Crippen molar-refractivity contribution < 1.29 is 9.59 Å². The number of benzene rings is 1. The van der Waals surface area contributed by atoms with Crippen LogP contribution in [0.4, 0.5) is 0 Å². The Labute approximate surface area is 113 Å². The van der Waals surface area contributed by atoms with Crippen molar-refractivity contribution in [3.05, 3.63) is 41.1 Å². The lowest BCUT2D eigenvalue weighted by Crippen LogP contribution is -2.30. The summed E-state index contributed by atoms with van der Waals surface area (Å²) in [5.41, 5.74) is 3.11. The standard InChI is InChI=1S/C16H19NO2/c1-4-7-12-11-8-5-6-9-13(11)15(18)14(12)17-16(19)10(2)3/h5-6,8-10H,4,7H2,1-3H3,(H,17,18,19). The zero-order chi connectivity index (χ0) is 14.0. The first-order valence-corrected chi connectivity index (χ1v) is 6.74. The lowest BCUT2D eigenvalue weighted by Gasteiger charge is -2.10. The van der Waals surface area contributed by atoms with Gasteiger partial charge in [-0.1, -0.05) is 51.5 Å². The largest absolute Gasteiger partial charge is 0.322 e. The van der Waals surface area contributed by atoms with Crippen molar-refractivity contribution >= 4 is 17.3 Å². The van der Waals surface area contributed by atoms with E-state index in [4.69, 9.17) is 0 Å². The van der Waals surface area contributed by atoms with Crippen LogP contribution >= 0.6 is 0 Å². The molecule has 0 heterocycles. The number of nitrogens with one attached hydrogen (secondary N) is 1. The number of ketones is 1. The lowest BCUT2D eigenvalue weighted by molar-refractivity contribution is -0.123. The fraction of sp³-hybridized carbons (Fsp3) is 0.375. The van der Waals surface area contributed by atoms with Crippen LogP contribution in [0.5, 0.6) is 0 Å². The van der Waals surface area contributed by atoms with Crippen LogP contribution < -0.4 is 5.32 Å². The summed E-state index contributed by atoms with van der Waals surface area (Å²) in [7, 11) is 0. The molecule has 0 aliphatic heterocycles. The minimum Gasteiger partial charge on any atom is -0.322 e. The van der Waals surface area contributed by atoms with Gasteiger partial charge >= 0.3 is 0 Å². The molecule has 0 unspecified atom stereocenters. The summed E-state index contributed by atoms with van der Waals surface area (Å²) in [5.74, 6) is -0.301. The molecule has 3 heteroatoms. The van der Waals surface area contributed by atoms with Gasteiger partial charge in [0, 0.05) is 11.5 Å². The zero-order valence-electron chi connectivity index (χ0n) is 11.6. The SMILES string of the molecule is CCCC1=C(NC(=O)C(C)C)C(=O)c2ccccc21. The number of amides is 1. The maximum atomic E-state index is 12.4. The highest BCUT2D eigenvalue weighted by atomic mass is 16.2. The first kappa shape index (κ1) is 13.5. The molecule has 0 saturated heterocycles. The van der Waals surface area contributed by atoms with Gasteiger partial charge in [0.2, 0.25) is 11.7 Å². The van der Waals surface area contributed by atoms with Gasteiger partial charge in [0.15, 0.2) is 0 Å². The van der Waals surface area contributed by atoms with E-state index < -0.39 is 0 Å². The minimum absolute atomic E-state index is 0.0620. The van der Waals surface area contributed by atoms with E-state index in [0.717, 1.165) is 24.0 Å². The topological polar surface area (TPSA) is 46.2 Å². The summed E-state index contributed by atoms with van der Waals surface area (Å²) in [6.45, 7) is 5.71. The molecule has 1 aliphatic rings. The molecule has 0 fully saturated rings. The number of fused-ring (bicyclic) bond motifs is 1. The number of rotatable bonds is 4. The van der Waals surface area contributed by atoms with Gasteiger partial charge in [0.05, 0.1) is 5.70 Å². The van der Waals surface area contributed by atoms with E-state index in [-0.39, 0.29) is 17.6 Å². The molecule has 2 rings (SSSR count). The summed E-state index contributed by atoms with van der Waals surface area (Å²) < 4.78 is 0. The van der Waals surface area contributed by atoms with Gasteiger partial charge in [0.1, 0.15) is 0 Å². The Balaban J connectivity index is 2.42. The van der Waals surface area contributed by atoms with Crippen molar-refractivity contribution in [2.45, 2.75) is 33.6 Å². The highest BCUT2D eigenvalue weighted by Crippen LogP contribution is 2.34. The van der Waals surface area contributed by atoms with Crippen molar-refractivity contribution in [2.75, 3.05) is 0 Å². The molecule has 3 nitrogen and oxygen atoms in total.